The molecule has 0 atom stereocenters. The molecule has 8 aromatic carbocycles. The van der Waals surface area contributed by atoms with Gasteiger partial charge in [0.1, 0.15) is 5.82 Å². The van der Waals surface area contributed by atoms with Gasteiger partial charge < -0.3 is 0 Å². The quantitative estimate of drug-likeness (QED) is 0.185. The van der Waals surface area contributed by atoms with E-state index < -0.39 is 5.41 Å². The van der Waals surface area contributed by atoms with Crippen LogP contribution in [0, 0.1) is 0 Å². The van der Waals surface area contributed by atoms with Crippen molar-refractivity contribution in [2.75, 3.05) is 0 Å². The zero-order valence-electron chi connectivity index (χ0n) is 29.2. The third-order valence-electron chi connectivity index (χ3n) is 11.8. The van der Waals surface area contributed by atoms with Gasteiger partial charge in [-0.3, -0.25) is 4.57 Å². The highest BCUT2D eigenvalue weighted by Crippen LogP contribution is 2.64. The van der Waals surface area contributed by atoms with Gasteiger partial charge in [-0.15, -0.1) is 0 Å². The number of para-hydroxylation sites is 1. The third kappa shape index (κ3) is 3.80. The summed E-state index contributed by atoms with van der Waals surface area (Å²) in [5, 5.41) is 4.71. The molecule has 2 aliphatic rings. The van der Waals surface area contributed by atoms with Crippen molar-refractivity contribution in [3.8, 4) is 50.7 Å². The summed E-state index contributed by atoms with van der Waals surface area (Å²) in [6.07, 6.45) is 0. The molecular weight excluding hydrogens is 655 g/mol. The fraction of sp³-hybridized carbons (Fsp3) is 0.0196. The summed E-state index contributed by atoms with van der Waals surface area (Å²) < 4.78 is 2.41. The van der Waals surface area contributed by atoms with Gasteiger partial charge in [-0.1, -0.05) is 176 Å². The molecule has 3 nitrogen and oxygen atoms in total. The lowest BCUT2D eigenvalue weighted by Gasteiger charge is -2.30. The van der Waals surface area contributed by atoms with E-state index in [4.69, 9.17) is 9.97 Å². The van der Waals surface area contributed by atoms with E-state index in [-0.39, 0.29) is 0 Å². The minimum absolute atomic E-state index is 0.441. The second-order valence-corrected chi connectivity index (χ2v) is 14.5. The van der Waals surface area contributed by atoms with Crippen LogP contribution in [0.3, 0.4) is 0 Å². The molecule has 0 fully saturated rings. The molecule has 2 aromatic heterocycles. The van der Waals surface area contributed by atoms with E-state index in [1.807, 2.05) is 0 Å². The Hall–Kier alpha value is -7.10. The topological polar surface area (TPSA) is 30.7 Å². The van der Waals surface area contributed by atoms with Gasteiger partial charge in [-0.05, 0) is 55.8 Å². The first kappa shape index (κ1) is 29.5. The fourth-order valence-electron chi connectivity index (χ4n) is 9.72. The van der Waals surface area contributed by atoms with Gasteiger partial charge >= 0.3 is 0 Å². The molecule has 0 saturated heterocycles. The number of benzene rings is 8. The molecule has 10 aromatic rings. The van der Waals surface area contributed by atoms with E-state index in [1.54, 1.807) is 0 Å². The first-order chi connectivity index (χ1) is 26.8. The Morgan fingerprint density at radius 1 is 0.407 bits per heavy atom. The van der Waals surface area contributed by atoms with Gasteiger partial charge in [-0.2, -0.15) is 0 Å². The lowest BCUT2D eigenvalue weighted by Crippen LogP contribution is -2.25. The van der Waals surface area contributed by atoms with E-state index in [0.29, 0.717) is 5.82 Å². The van der Waals surface area contributed by atoms with Crippen LogP contribution in [0.25, 0.3) is 83.3 Å². The lowest BCUT2D eigenvalue weighted by atomic mass is 9.70. The van der Waals surface area contributed by atoms with Crippen LogP contribution in [0.2, 0.25) is 0 Å². The van der Waals surface area contributed by atoms with Crippen molar-refractivity contribution < 1.29 is 0 Å². The molecule has 2 aliphatic carbocycles. The first-order valence-corrected chi connectivity index (χ1v) is 18.6. The Labute approximate surface area is 312 Å². The van der Waals surface area contributed by atoms with Crippen molar-refractivity contribution >= 4 is 32.6 Å². The molecule has 12 rings (SSSR count). The smallest absolute Gasteiger partial charge is 0.162 e. The van der Waals surface area contributed by atoms with E-state index in [2.05, 4.69) is 193 Å². The number of hydrogen-bond acceptors (Lipinski definition) is 2. The summed E-state index contributed by atoms with van der Waals surface area (Å²) in [5.74, 6) is 1.55. The SMILES string of the molecule is c1ccc(-c2cc(-n3c4ccccc4c4ccc5c(c43)-c3ccccc3C53c4ccccc4-c4ccccc43)nc(-c3cccc4ccccc34)n2)cc1. The Morgan fingerprint density at radius 2 is 1.00 bits per heavy atom. The van der Waals surface area contributed by atoms with Crippen LogP contribution < -0.4 is 0 Å². The fourth-order valence-corrected chi connectivity index (χ4v) is 9.72. The summed E-state index contributed by atoms with van der Waals surface area (Å²) in [7, 11) is 0. The average Bonchev–Trinajstić information content (AvgIpc) is 3.85. The van der Waals surface area contributed by atoms with Crippen LogP contribution in [0.15, 0.2) is 188 Å². The average molecular weight is 686 g/mol. The predicted molar refractivity (Wildman–Crippen MR) is 221 cm³/mol. The largest absolute Gasteiger partial charge is 0.293 e. The Bertz CT molecular complexity index is 3120. The molecule has 54 heavy (non-hydrogen) atoms. The summed E-state index contributed by atoms with van der Waals surface area (Å²) in [6, 6.07) is 68.2. The molecule has 0 N–H and O–H groups in total. The normalized spacial score (nSPS) is 13.3. The van der Waals surface area contributed by atoms with Gasteiger partial charge in [0.2, 0.25) is 0 Å². The van der Waals surface area contributed by atoms with E-state index >= 15 is 0 Å². The van der Waals surface area contributed by atoms with Crippen molar-refractivity contribution in [3.05, 3.63) is 210 Å². The number of nitrogens with zero attached hydrogens (tertiary/aromatic N) is 3. The highest BCUT2D eigenvalue weighted by molar-refractivity contribution is 6.16. The first-order valence-electron chi connectivity index (χ1n) is 18.6. The predicted octanol–water partition coefficient (Wildman–Crippen LogP) is 12.4. The maximum atomic E-state index is 5.52. The van der Waals surface area contributed by atoms with Crippen molar-refractivity contribution in [2.24, 2.45) is 0 Å². The number of hydrogen-bond donors (Lipinski definition) is 0. The van der Waals surface area contributed by atoms with Crippen molar-refractivity contribution in [3.63, 3.8) is 0 Å². The second kappa shape index (κ2) is 11.0. The highest BCUT2D eigenvalue weighted by Gasteiger charge is 2.52. The van der Waals surface area contributed by atoms with Gasteiger partial charge in [0.15, 0.2) is 5.82 Å². The van der Waals surface area contributed by atoms with Gasteiger partial charge in [0.05, 0.1) is 22.1 Å². The number of rotatable bonds is 3. The molecule has 2 heterocycles. The molecule has 0 saturated carbocycles. The lowest BCUT2D eigenvalue weighted by molar-refractivity contribution is 0.794. The summed E-state index contributed by atoms with van der Waals surface area (Å²) in [5.41, 5.74) is 15.2. The molecule has 1 spiro atoms. The molecule has 0 bridgehead atoms. The van der Waals surface area contributed by atoms with Crippen LogP contribution in [0.1, 0.15) is 22.3 Å². The number of aromatic nitrogens is 3. The molecule has 0 aliphatic heterocycles. The summed E-state index contributed by atoms with van der Waals surface area (Å²) in [6.45, 7) is 0. The van der Waals surface area contributed by atoms with E-state index in [0.717, 1.165) is 33.5 Å². The van der Waals surface area contributed by atoms with E-state index in [9.17, 15) is 0 Å². The van der Waals surface area contributed by atoms with Gasteiger partial charge in [0.25, 0.3) is 0 Å². The summed E-state index contributed by atoms with van der Waals surface area (Å²) in [4.78, 5) is 10.8. The van der Waals surface area contributed by atoms with Crippen LogP contribution >= 0.6 is 0 Å². The van der Waals surface area contributed by atoms with Crippen molar-refractivity contribution in [1.29, 1.82) is 0 Å². The molecule has 0 radical (unpaired) electrons. The molecule has 250 valence electrons. The monoisotopic (exact) mass is 685 g/mol. The molecule has 0 unspecified atom stereocenters. The molecule has 3 heteroatoms. The maximum absolute atomic E-state index is 5.52. The Morgan fingerprint density at radius 3 is 1.78 bits per heavy atom. The minimum Gasteiger partial charge on any atom is -0.293 e. The van der Waals surface area contributed by atoms with E-state index in [1.165, 1.54) is 66.2 Å². The molecule has 0 amide bonds. The van der Waals surface area contributed by atoms with Crippen LogP contribution in [0.5, 0.6) is 0 Å². The van der Waals surface area contributed by atoms with Crippen LogP contribution in [0.4, 0.5) is 0 Å². The minimum atomic E-state index is -0.441. The van der Waals surface area contributed by atoms with Gasteiger partial charge in [0, 0.05) is 33.5 Å². The molecular formula is C51H31N3. The van der Waals surface area contributed by atoms with Crippen molar-refractivity contribution in [1.82, 2.24) is 14.5 Å². The van der Waals surface area contributed by atoms with Crippen molar-refractivity contribution in [2.45, 2.75) is 5.41 Å². The summed E-state index contributed by atoms with van der Waals surface area (Å²) >= 11 is 0. The van der Waals surface area contributed by atoms with Gasteiger partial charge in [-0.25, -0.2) is 9.97 Å². The van der Waals surface area contributed by atoms with Crippen LogP contribution in [-0.4, -0.2) is 14.5 Å². The third-order valence-corrected chi connectivity index (χ3v) is 11.8. The zero-order chi connectivity index (χ0) is 35.4. The number of fused-ring (bicyclic) bond motifs is 15. The zero-order valence-corrected chi connectivity index (χ0v) is 29.2. The second-order valence-electron chi connectivity index (χ2n) is 14.5. The Kier molecular flexibility index (Phi) is 5.98. The Balaban J connectivity index is 1.24. The standard InChI is InChI=1S/C51H31N3/c1-2-16-33(17-3-1)45-31-47(53-50(52-45)39-24-14-18-32-15-4-5-19-34(32)39)54-46-28-13-9-22-37(46)38-29-30-44-48(49(38)54)40-23-8-12-27-43(40)51(44)41-25-10-6-20-35(41)36-21-7-11-26-42(36)51/h1-31H. The maximum Gasteiger partial charge on any atom is 0.162 e. The highest BCUT2D eigenvalue weighted by atomic mass is 15.1. The van der Waals surface area contributed by atoms with Crippen LogP contribution in [-0.2, 0) is 5.41 Å².